The molecular weight excluding hydrogens is 195 g/mol. The third-order valence-electron chi connectivity index (χ3n) is 1.68. The van der Waals surface area contributed by atoms with Crippen LogP contribution in [0, 0.1) is 0 Å². The van der Waals surface area contributed by atoms with Crippen molar-refractivity contribution >= 4 is 46.8 Å². The predicted molar refractivity (Wildman–Crippen MR) is 57.0 cm³/mol. The van der Waals surface area contributed by atoms with Gasteiger partial charge in [0.15, 0.2) is 0 Å². The second-order valence-electron chi connectivity index (χ2n) is 3.91. The van der Waals surface area contributed by atoms with Gasteiger partial charge in [-0.2, -0.15) is 0 Å². The minimum Gasteiger partial charge on any atom is -0.391 e. The molecule has 0 spiro atoms. The van der Waals surface area contributed by atoms with Crippen molar-refractivity contribution in [3.8, 4) is 0 Å². The molecule has 0 aromatic rings. The van der Waals surface area contributed by atoms with Crippen LogP contribution in [0.3, 0.4) is 0 Å². The van der Waals surface area contributed by atoms with Gasteiger partial charge in [0.25, 0.3) is 0 Å². The van der Waals surface area contributed by atoms with Crippen LogP contribution in [0.2, 0.25) is 19.6 Å². The van der Waals surface area contributed by atoms with E-state index in [2.05, 4.69) is 19.6 Å². The fourth-order valence-electron chi connectivity index (χ4n) is 0.587. The molecule has 3 nitrogen and oxygen atoms in total. The van der Waals surface area contributed by atoms with E-state index in [4.69, 9.17) is 0 Å². The molecule has 0 amide bonds. The van der Waals surface area contributed by atoms with Crippen molar-refractivity contribution in [1.29, 1.82) is 0 Å². The first kappa shape index (κ1) is 15.3. The van der Waals surface area contributed by atoms with E-state index in [0.717, 1.165) is 0 Å². The summed E-state index contributed by atoms with van der Waals surface area (Å²) in [5, 5.41) is 0. The zero-order valence-corrected chi connectivity index (χ0v) is 13.3. The minimum absolute atomic E-state index is 0. The molecule has 1 radical (unpaired) electrons. The standard InChI is InChI=1S/C6H18N2OSi2.Na/c1-7(2)10(9)8(3)11(4,5)6;/h1-6H3;. The third kappa shape index (κ3) is 4.76. The SMILES string of the molecule is CN(C)[Si](=O)N(C)[Si](C)(C)C.[Na]. The molecule has 0 N–H and O–H groups in total. The molecule has 0 aliphatic carbocycles. The van der Waals surface area contributed by atoms with Gasteiger partial charge in [-0.3, -0.25) is 0 Å². The van der Waals surface area contributed by atoms with Crippen molar-refractivity contribution in [2.24, 2.45) is 0 Å². The van der Waals surface area contributed by atoms with Crippen LogP contribution >= 0.6 is 0 Å². The maximum atomic E-state index is 11.6. The fourth-order valence-corrected chi connectivity index (χ4v) is 4.08. The Morgan fingerprint density at radius 1 is 1.08 bits per heavy atom. The van der Waals surface area contributed by atoms with Crippen LogP contribution < -0.4 is 0 Å². The number of rotatable bonds is 3. The average molecular weight is 213 g/mol. The van der Waals surface area contributed by atoms with E-state index in [1.807, 2.05) is 25.4 Å². The minimum atomic E-state index is -1.66. The van der Waals surface area contributed by atoms with Crippen LogP contribution in [0.15, 0.2) is 0 Å². The van der Waals surface area contributed by atoms with Gasteiger partial charge in [0, 0.05) is 43.7 Å². The number of nitrogens with zero attached hydrogens (tertiary/aromatic N) is 2. The van der Waals surface area contributed by atoms with Crippen molar-refractivity contribution in [1.82, 2.24) is 8.80 Å². The van der Waals surface area contributed by atoms with E-state index in [0.29, 0.717) is 0 Å². The molecule has 0 rings (SSSR count). The molecule has 0 saturated heterocycles. The molecule has 0 aliphatic heterocycles. The summed E-state index contributed by atoms with van der Waals surface area (Å²) in [7, 11) is 2.64. The fraction of sp³-hybridized carbons (Fsp3) is 1.00. The summed E-state index contributed by atoms with van der Waals surface area (Å²) in [4.78, 5) is 0. The van der Waals surface area contributed by atoms with Crippen LogP contribution in [-0.2, 0) is 4.46 Å². The molecule has 67 valence electrons. The molecular formula is C6H18N2NaOSi2. The summed E-state index contributed by atoms with van der Waals surface area (Å²) >= 11 is 0. The van der Waals surface area contributed by atoms with Crippen molar-refractivity contribution in [2.45, 2.75) is 19.6 Å². The topological polar surface area (TPSA) is 23.6 Å². The monoisotopic (exact) mass is 213 g/mol. The number of hydrogen-bond acceptors (Lipinski definition) is 1. The second kappa shape index (κ2) is 5.54. The molecule has 0 unspecified atom stereocenters. The Balaban J connectivity index is 0. The van der Waals surface area contributed by atoms with E-state index in [9.17, 15) is 4.46 Å². The molecule has 0 heterocycles. The van der Waals surface area contributed by atoms with Gasteiger partial charge < -0.3 is 13.3 Å². The molecule has 0 aromatic heterocycles. The van der Waals surface area contributed by atoms with Gasteiger partial charge in [-0.25, -0.2) is 0 Å². The van der Waals surface area contributed by atoms with Crippen molar-refractivity contribution in [3.05, 3.63) is 0 Å². The quantitative estimate of drug-likeness (QED) is 0.632. The van der Waals surface area contributed by atoms with Gasteiger partial charge >= 0.3 is 9.01 Å². The molecule has 0 aromatic carbocycles. The summed E-state index contributed by atoms with van der Waals surface area (Å²) in [6.45, 7) is 6.58. The van der Waals surface area contributed by atoms with Crippen LogP contribution in [0.5, 0.6) is 0 Å². The molecule has 0 fully saturated rings. The van der Waals surface area contributed by atoms with E-state index < -0.39 is 17.2 Å². The van der Waals surface area contributed by atoms with Crippen LogP contribution in [0.4, 0.5) is 0 Å². The summed E-state index contributed by atoms with van der Waals surface area (Å²) in [6.07, 6.45) is 0. The molecule has 0 saturated carbocycles. The normalized spacial score (nSPS) is 10.2. The number of hydrogen-bond donors (Lipinski definition) is 0. The Morgan fingerprint density at radius 2 is 1.42 bits per heavy atom. The van der Waals surface area contributed by atoms with Gasteiger partial charge in [-0.05, 0) is 7.05 Å². The Morgan fingerprint density at radius 3 is 1.50 bits per heavy atom. The van der Waals surface area contributed by atoms with E-state index in [1.165, 1.54) is 0 Å². The molecule has 12 heavy (non-hydrogen) atoms. The van der Waals surface area contributed by atoms with Gasteiger partial charge in [0.2, 0.25) is 0 Å². The van der Waals surface area contributed by atoms with Gasteiger partial charge in [-0.15, -0.1) is 0 Å². The Hall–Kier alpha value is 0.834. The van der Waals surface area contributed by atoms with E-state index >= 15 is 0 Å². The summed E-state index contributed by atoms with van der Waals surface area (Å²) in [6, 6.07) is 0. The largest absolute Gasteiger partial charge is 0.511 e. The van der Waals surface area contributed by atoms with Crippen LogP contribution in [0.1, 0.15) is 0 Å². The van der Waals surface area contributed by atoms with Crippen molar-refractivity contribution < 1.29 is 4.46 Å². The second-order valence-corrected chi connectivity index (χ2v) is 11.5. The van der Waals surface area contributed by atoms with Gasteiger partial charge in [0.05, 0.1) is 0 Å². The summed E-state index contributed by atoms with van der Waals surface area (Å²) in [5.41, 5.74) is 0. The average Bonchev–Trinajstić information content (AvgIpc) is 1.82. The first-order valence-corrected chi connectivity index (χ1v) is 8.47. The Labute approximate surface area is 100 Å². The third-order valence-corrected chi connectivity index (χ3v) is 7.61. The smallest absolute Gasteiger partial charge is 0.391 e. The van der Waals surface area contributed by atoms with E-state index in [1.54, 1.807) is 4.57 Å². The molecule has 6 heteroatoms. The zero-order chi connectivity index (χ0) is 9.23. The van der Waals surface area contributed by atoms with Gasteiger partial charge in [0.1, 0.15) is 8.24 Å². The Bertz CT molecular complexity index is 158. The first-order valence-electron chi connectivity index (χ1n) is 3.72. The predicted octanol–water partition coefficient (Wildman–Crippen LogP) is 0.349. The maximum absolute atomic E-state index is 11.6. The van der Waals surface area contributed by atoms with Crippen LogP contribution in [-0.4, -0.2) is 76.7 Å². The zero-order valence-electron chi connectivity index (χ0n) is 9.30. The summed E-state index contributed by atoms with van der Waals surface area (Å²) in [5.74, 6) is 0. The van der Waals surface area contributed by atoms with Crippen molar-refractivity contribution in [3.63, 3.8) is 0 Å². The summed E-state index contributed by atoms with van der Waals surface area (Å²) < 4.78 is 15.4. The maximum Gasteiger partial charge on any atom is 0.511 e. The van der Waals surface area contributed by atoms with E-state index in [-0.39, 0.29) is 29.6 Å². The first-order chi connectivity index (χ1) is 4.76. The Kier molecular flexibility index (Phi) is 7.07. The van der Waals surface area contributed by atoms with Crippen LogP contribution in [0.25, 0.3) is 0 Å². The van der Waals surface area contributed by atoms with Gasteiger partial charge in [-0.1, -0.05) is 19.6 Å². The molecule has 0 atom stereocenters. The molecule has 0 bridgehead atoms. The molecule has 0 aliphatic rings. The van der Waals surface area contributed by atoms with Crippen molar-refractivity contribution in [2.75, 3.05) is 21.1 Å².